The van der Waals surface area contributed by atoms with Crippen molar-refractivity contribution in [1.29, 1.82) is 0 Å². The Balaban J connectivity index is 1.22. The van der Waals surface area contributed by atoms with Gasteiger partial charge in [-0.05, 0) is 147 Å². The number of fused-ring (bicyclic) bond motifs is 7. The predicted molar refractivity (Wildman–Crippen MR) is 199 cm³/mol. The third-order valence-electron chi connectivity index (χ3n) is 15.5. The number of ketones is 1. The minimum Gasteiger partial charge on any atom is -0.481 e. The van der Waals surface area contributed by atoms with E-state index in [0.29, 0.717) is 30.0 Å². The van der Waals surface area contributed by atoms with Crippen molar-refractivity contribution in [3.8, 4) is 0 Å². The second kappa shape index (κ2) is 13.3. The van der Waals surface area contributed by atoms with Crippen LogP contribution >= 0.6 is 11.6 Å². The molecule has 0 spiro atoms. The molecule has 6 nitrogen and oxygen atoms in total. The van der Waals surface area contributed by atoms with Crippen molar-refractivity contribution in [3.05, 3.63) is 46.0 Å². The van der Waals surface area contributed by atoms with Crippen molar-refractivity contribution < 1.29 is 24.2 Å². The number of benzene rings is 1. The first-order valence-corrected chi connectivity index (χ1v) is 19.9. The maximum absolute atomic E-state index is 14.0. The molecule has 276 valence electrons. The Kier molecular flexibility index (Phi) is 10.0. The van der Waals surface area contributed by atoms with E-state index in [1.54, 1.807) is 13.8 Å². The highest BCUT2D eigenvalue weighted by Gasteiger charge is 2.69. The van der Waals surface area contributed by atoms with Crippen LogP contribution in [0.15, 0.2) is 35.4 Å². The average Bonchev–Trinajstić information content (AvgIpc) is 3.33. The van der Waals surface area contributed by atoms with Gasteiger partial charge in [-0.2, -0.15) is 0 Å². The van der Waals surface area contributed by atoms with Crippen LogP contribution in [0.3, 0.4) is 0 Å². The molecule has 0 bridgehead atoms. The Morgan fingerprint density at radius 2 is 1.78 bits per heavy atom. The van der Waals surface area contributed by atoms with Crippen LogP contribution in [0.25, 0.3) is 0 Å². The van der Waals surface area contributed by atoms with Crippen LogP contribution in [0.2, 0.25) is 5.02 Å². The van der Waals surface area contributed by atoms with Crippen LogP contribution in [0.5, 0.6) is 0 Å². The van der Waals surface area contributed by atoms with E-state index >= 15 is 0 Å². The van der Waals surface area contributed by atoms with E-state index in [4.69, 9.17) is 16.3 Å². The quantitative estimate of drug-likeness (QED) is 0.186. The molecule has 7 heteroatoms. The molecule has 5 aliphatic carbocycles. The van der Waals surface area contributed by atoms with Gasteiger partial charge in [-0.3, -0.25) is 14.4 Å². The molecule has 50 heavy (non-hydrogen) atoms. The Bertz CT molecular complexity index is 1550. The van der Waals surface area contributed by atoms with Gasteiger partial charge < -0.3 is 15.2 Å². The third kappa shape index (κ3) is 6.10. The summed E-state index contributed by atoms with van der Waals surface area (Å²) in [5, 5.41) is 14.0. The molecule has 0 saturated heterocycles. The van der Waals surface area contributed by atoms with Crippen molar-refractivity contribution in [2.24, 2.45) is 56.7 Å². The number of esters is 1. The lowest BCUT2D eigenvalue weighted by Crippen LogP contribution is -2.64. The smallest absolute Gasteiger partial charge is 0.309 e. The molecule has 1 aromatic carbocycles. The number of nitrogens with one attached hydrogen (secondary N) is 1. The number of allylic oxidation sites excluding steroid dienone is 2. The normalized spacial score (nSPS) is 38.3. The molecule has 6 rings (SSSR count). The molecule has 0 amide bonds. The highest BCUT2D eigenvalue weighted by Crippen LogP contribution is 2.76. The van der Waals surface area contributed by atoms with Gasteiger partial charge in [-0.1, -0.05) is 70.8 Å². The SMILES string of the molecule is CC(C)C1=C2C3CCC4C5(C)CCC(OC(=O)CC(C)(C)C(=O)O)C(C)C5CCC4(C)[C@]3(C)CCC2(CCNCc2cccc(Cl)c2)CC1=O. The van der Waals surface area contributed by atoms with Gasteiger partial charge in [0.15, 0.2) is 5.78 Å². The summed E-state index contributed by atoms with van der Waals surface area (Å²) in [4.78, 5) is 38.6. The number of carboxylic acids is 1. The fourth-order valence-corrected chi connectivity index (χ4v) is 12.9. The summed E-state index contributed by atoms with van der Waals surface area (Å²) < 4.78 is 6.07. The average molecular weight is 708 g/mol. The maximum Gasteiger partial charge on any atom is 0.309 e. The number of hydrogen-bond donors (Lipinski definition) is 2. The lowest BCUT2D eigenvalue weighted by Gasteiger charge is -2.71. The van der Waals surface area contributed by atoms with Crippen LogP contribution in [-0.4, -0.2) is 35.5 Å². The van der Waals surface area contributed by atoms with Gasteiger partial charge in [0.05, 0.1) is 11.8 Å². The van der Waals surface area contributed by atoms with Crippen molar-refractivity contribution >= 4 is 29.3 Å². The van der Waals surface area contributed by atoms with Crippen LogP contribution < -0.4 is 5.32 Å². The fraction of sp³-hybridized carbons (Fsp3) is 0.744. The summed E-state index contributed by atoms with van der Waals surface area (Å²) >= 11 is 6.25. The van der Waals surface area contributed by atoms with E-state index in [1.807, 2.05) is 18.2 Å². The number of ether oxygens (including phenoxy) is 1. The molecule has 0 radical (unpaired) electrons. The van der Waals surface area contributed by atoms with Crippen molar-refractivity contribution in [2.75, 3.05) is 6.54 Å². The highest BCUT2D eigenvalue weighted by atomic mass is 35.5. The number of carbonyl (C=O) groups excluding carboxylic acids is 2. The first-order valence-electron chi connectivity index (χ1n) is 19.5. The van der Waals surface area contributed by atoms with Gasteiger partial charge in [-0.25, -0.2) is 0 Å². The van der Waals surface area contributed by atoms with E-state index in [-0.39, 0.29) is 46.0 Å². The Hall–Kier alpha value is -2.18. The minimum absolute atomic E-state index is 0.0435. The summed E-state index contributed by atoms with van der Waals surface area (Å²) in [5.74, 6) is 0.975. The first kappa shape index (κ1) is 37.6. The topological polar surface area (TPSA) is 92.7 Å². The minimum atomic E-state index is -1.13. The molecular weight excluding hydrogens is 646 g/mol. The summed E-state index contributed by atoms with van der Waals surface area (Å²) in [6.45, 7) is 19.3. The second-order valence-corrected chi connectivity index (χ2v) is 19.3. The number of Topliss-reactive ketones (excluding diaryl/α,β-unsaturated/α-hetero) is 1. The Labute approximate surface area is 305 Å². The first-order chi connectivity index (χ1) is 23.4. The monoisotopic (exact) mass is 707 g/mol. The molecule has 2 N–H and O–H groups in total. The molecule has 0 heterocycles. The van der Waals surface area contributed by atoms with Gasteiger partial charge in [0.2, 0.25) is 0 Å². The predicted octanol–water partition coefficient (Wildman–Crippen LogP) is 9.82. The number of rotatable bonds is 10. The maximum atomic E-state index is 14.0. The Morgan fingerprint density at radius 3 is 2.46 bits per heavy atom. The van der Waals surface area contributed by atoms with Crippen LogP contribution in [0.4, 0.5) is 0 Å². The number of carbonyl (C=O) groups is 3. The molecule has 5 aliphatic rings. The zero-order chi connectivity index (χ0) is 36.4. The van der Waals surface area contributed by atoms with Crippen molar-refractivity contribution in [2.45, 2.75) is 139 Å². The number of aliphatic carboxylic acids is 1. The summed E-state index contributed by atoms with van der Waals surface area (Å²) in [5.41, 5.74) is 3.14. The largest absolute Gasteiger partial charge is 0.481 e. The van der Waals surface area contributed by atoms with Crippen LogP contribution in [-0.2, 0) is 25.7 Å². The fourth-order valence-electron chi connectivity index (χ4n) is 12.7. The molecule has 4 fully saturated rings. The van der Waals surface area contributed by atoms with Crippen LogP contribution in [0, 0.1) is 56.7 Å². The zero-order valence-electron chi connectivity index (χ0n) is 31.9. The standard InChI is InChI=1S/C43H62ClNO5/c1-26(2)36-32(46)23-43(20-21-45-25-28-10-9-11-29(44)22-28)19-18-41(7)31(37(36)43)12-13-34-40(6)16-15-33(27(3)30(40)14-17-42(34,41)8)50-35(47)24-39(4,5)38(48)49/h9-11,22,26-27,30-31,33-34,45H,12-21,23-25H2,1-8H3,(H,48,49)/t27?,30?,31?,33?,34?,40?,41-,42?,43?/m1/s1. The molecule has 9 atom stereocenters. The van der Waals surface area contributed by atoms with E-state index < -0.39 is 17.4 Å². The van der Waals surface area contributed by atoms with Crippen molar-refractivity contribution in [1.82, 2.24) is 5.32 Å². The molecular formula is C43H62ClNO5. The van der Waals surface area contributed by atoms with Crippen molar-refractivity contribution in [3.63, 3.8) is 0 Å². The van der Waals surface area contributed by atoms with Gasteiger partial charge >= 0.3 is 11.9 Å². The highest BCUT2D eigenvalue weighted by molar-refractivity contribution is 6.30. The number of carboxylic acid groups (broad SMARTS) is 1. The van der Waals surface area contributed by atoms with E-state index in [9.17, 15) is 19.5 Å². The summed E-state index contributed by atoms with van der Waals surface area (Å²) in [7, 11) is 0. The number of halogens is 1. The molecule has 1 aromatic rings. The molecule has 0 aromatic heterocycles. The van der Waals surface area contributed by atoms with E-state index in [1.165, 1.54) is 17.6 Å². The lowest BCUT2D eigenvalue weighted by molar-refractivity contribution is -0.216. The second-order valence-electron chi connectivity index (χ2n) is 18.9. The van der Waals surface area contributed by atoms with E-state index in [0.717, 1.165) is 75.1 Å². The summed E-state index contributed by atoms with van der Waals surface area (Å²) in [6, 6.07) is 8.05. The molecule has 8 unspecified atom stereocenters. The summed E-state index contributed by atoms with van der Waals surface area (Å²) in [6.07, 6.45) is 10.1. The molecule has 0 aliphatic heterocycles. The lowest BCUT2D eigenvalue weighted by atomic mass is 9.34. The van der Waals surface area contributed by atoms with Gasteiger partial charge in [0.1, 0.15) is 6.10 Å². The van der Waals surface area contributed by atoms with Gasteiger partial charge in [0.25, 0.3) is 0 Å². The Morgan fingerprint density at radius 1 is 1.04 bits per heavy atom. The van der Waals surface area contributed by atoms with Gasteiger partial charge in [0, 0.05) is 23.4 Å². The zero-order valence-corrected chi connectivity index (χ0v) is 32.7. The third-order valence-corrected chi connectivity index (χ3v) is 15.8. The van der Waals surface area contributed by atoms with Gasteiger partial charge in [-0.15, -0.1) is 0 Å². The number of hydrogen-bond acceptors (Lipinski definition) is 5. The molecule has 4 saturated carbocycles. The van der Waals surface area contributed by atoms with Crippen LogP contribution in [0.1, 0.15) is 132 Å². The van der Waals surface area contributed by atoms with E-state index in [2.05, 4.69) is 52.9 Å².